The molecule has 1 fully saturated rings. The molecule has 4 N–H and O–H groups in total. The van der Waals surface area contributed by atoms with E-state index in [2.05, 4.69) is 15.3 Å². The van der Waals surface area contributed by atoms with Gasteiger partial charge in [-0.2, -0.15) is 5.48 Å². The summed E-state index contributed by atoms with van der Waals surface area (Å²) in [4.78, 5) is 23.2. The molecule has 2 aromatic heterocycles. The van der Waals surface area contributed by atoms with Crippen molar-refractivity contribution in [3.8, 4) is 10.0 Å². The van der Waals surface area contributed by atoms with E-state index in [-0.39, 0.29) is 11.9 Å². The van der Waals surface area contributed by atoms with E-state index in [4.69, 9.17) is 5.21 Å². The molecule has 7 nitrogen and oxygen atoms in total. The van der Waals surface area contributed by atoms with Crippen LogP contribution < -0.4 is 10.8 Å². The summed E-state index contributed by atoms with van der Waals surface area (Å²) in [5.41, 5.74) is 4.69. The zero-order chi connectivity index (χ0) is 20.5. The summed E-state index contributed by atoms with van der Waals surface area (Å²) in [6, 6.07) is 6.80. The third kappa shape index (κ3) is 4.39. The Morgan fingerprint density at radius 2 is 1.86 bits per heavy atom. The molecule has 0 bridgehead atoms. The van der Waals surface area contributed by atoms with Crippen molar-refractivity contribution >= 4 is 28.6 Å². The Bertz CT molecular complexity index is 1010. The number of carbonyl (C=O) groups excluding carboxylic acids is 1. The molecule has 9 heteroatoms. The number of aryl methyl sites for hydroxylation is 1. The Balaban J connectivity index is 1.52. The Morgan fingerprint density at radius 3 is 2.45 bits per heavy atom. The molecule has 4 rings (SSSR count). The number of aromatic nitrogens is 2. The maximum Gasteiger partial charge on any atom is 0.271 e. The number of hydroxylamine groups is 1. The van der Waals surface area contributed by atoms with Crippen molar-refractivity contribution < 1.29 is 15.1 Å². The lowest BCUT2D eigenvalue weighted by Crippen LogP contribution is -2.27. The van der Waals surface area contributed by atoms with Gasteiger partial charge >= 0.3 is 0 Å². The van der Waals surface area contributed by atoms with Crippen molar-refractivity contribution in [2.75, 3.05) is 0 Å². The van der Waals surface area contributed by atoms with Crippen molar-refractivity contribution in [3.63, 3.8) is 0 Å². The van der Waals surface area contributed by atoms with Crippen LogP contribution in [0.5, 0.6) is 0 Å². The third-order valence-electron chi connectivity index (χ3n) is 4.84. The lowest BCUT2D eigenvalue weighted by atomic mass is 10.1. The third-order valence-corrected chi connectivity index (χ3v) is 7.16. The molecule has 29 heavy (non-hydrogen) atoms. The summed E-state index contributed by atoms with van der Waals surface area (Å²) in [6.45, 7) is 3.85. The molecule has 1 amide bonds. The molecule has 1 unspecified atom stereocenters. The van der Waals surface area contributed by atoms with Crippen LogP contribution in [0.3, 0.4) is 0 Å². The van der Waals surface area contributed by atoms with Gasteiger partial charge in [-0.25, -0.2) is 9.97 Å². The highest BCUT2D eigenvalue weighted by Crippen LogP contribution is 2.46. The number of aliphatic hydroxyl groups excluding tert-OH is 1. The maximum atomic E-state index is 13.0. The lowest BCUT2D eigenvalue weighted by Gasteiger charge is -2.15. The molecule has 0 aliphatic heterocycles. The standard InChI is InChI=1S/C20H22N4O3S2/c1-10-9-28-19(21-10)20-23-15(16(29-20)13-5-6-13)18(26)22-11(2)12-3-7-14(8-4-12)17(25)24-27/h3-4,7-9,11,13,17,24-25,27H,5-6H2,1-2H3,(H,22,26)/t11-,17?/m0/s1. The molecule has 1 aromatic carbocycles. The number of aliphatic hydroxyl groups is 1. The van der Waals surface area contributed by atoms with Crippen molar-refractivity contribution in [2.45, 2.75) is 44.9 Å². The van der Waals surface area contributed by atoms with Gasteiger partial charge in [-0.3, -0.25) is 4.79 Å². The SMILES string of the molecule is Cc1csc(-c2nc(C(=O)N[C@@H](C)c3ccc(C(O)NO)cc3)c(C3CC3)s2)n1. The molecule has 1 aliphatic carbocycles. The van der Waals surface area contributed by atoms with Gasteiger partial charge in [0.1, 0.15) is 5.69 Å². The molecule has 1 aliphatic rings. The van der Waals surface area contributed by atoms with Crippen LogP contribution in [0.1, 0.15) is 70.1 Å². The minimum Gasteiger partial charge on any atom is -0.372 e. The Hall–Kier alpha value is -2.17. The van der Waals surface area contributed by atoms with E-state index in [1.807, 2.05) is 31.4 Å². The summed E-state index contributed by atoms with van der Waals surface area (Å²) in [5.74, 6) is 0.237. The van der Waals surface area contributed by atoms with Gasteiger partial charge in [-0.05, 0) is 43.7 Å². The van der Waals surface area contributed by atoms with E-state index in [9.17, 15) is 9.90 Å². The first-order valence-electron chi connectivity index (χ1n) is 9.38. The first-order chi connectivity index (χ1) is 14.0. The fraction of sp³-hybridized carbons (Fsp3) is 0.350. The smallest absolute Gasteiger partial charge is 0.271 e. The van der Waals surface area contributed by atoms with E-state index in [1.165, 1.54) is 0 Å². The van der Waals surface area contributed by atoms with Crippen LogP contribution in [0.15, 0.2) is 29.6 Å². The maximum absolute atomic E-state index is 13.0. The van der Waals surface area contributed by atoms with Crippen molar-refractivity contribution in [1.82, 2.24) is 20.8 Å². The normalized spacial score (nSPS) is 15.9. The largest absolute Gasteiger partial charge is 0.372 e. The van der Waals surface area contributed by atoms with Gasteiger partial charge in [0.15, 0.2) is 16.2 Å². The molecule has 0 saturated heterocycles. The number of thiazole rings is 2. The Labute approximate surface area is 176 Å². The first-order valence-corrected chi connectivity index (χ1v) is 11.1. The zero-order valence-electron chi connectivity index (χ0n) is 16.0. The highest BCUT2D eigenvalue weighted by Gasteiger charge is 2.33. The summed E-state index contributed by atoms with van der Waals surface area (Å²) >= 11 is 3.12. The second kappa shape index (κ2) is 8.29. The van der Waals surface area contributed by atoms with Gasteiger partial charge in [0, 0.05) is 16.0 Å². The van der Waals surface area contributed by atoms with E-state index in [1.54, 1.807) is 40.3 Å². The van der Waals surface area contributed by atoms with Gasteiger partial charge < -0.3 is 15.6 Å². The van der Waals surface area contributed by atoms with Crippen LogP contribution in [-0.4, -0.2) is 26.2 Å². The number of nitrogens with one attached hydrogen (secondary N) is 2. The number of hydrogen-bond donors (Lipinski definition) is 4. The monoisotopic (exact) mass is 430 g/mol. The topological polar surface area (TPSA) is 107 Å². The Morgan fingerprint density at radius 1 is 1.17 bits per heavy atom. The molecular weight excluding hydrogens is 408 g/mol. The zero-order valence-corrected chi connectivity index (χ0v) is 17.7. The van der Waals surface area contributed by atoms with Gasteiger partial charge in [0.25, 0.3) is 5.91 Å². The van der Waals surface area contributed by atoms with Gasteiger partial charge in [-0.1, -0.05) is 24.3 Å². The second-order valence-electron chi connectivity index (χ2n) is 7.19. The van der Waals surface area contributed by atoms with Crippen molar-refractivity contribution in [3.05, 3.63) is 57.0 Å². The number of benzene rings is 1. The minimum absolute atomic E-state index is 0.184. The van der Waals surface area contributed by atoms with E-state index >= 15 is 0 Å². The minimum atomic E-state index is -1.14. The molecule has 2 heterocycles. The van der Waals surface area contributed by atoms with Crippen LogP contribution in [0, 0.1) is 6.92 Å². The summed E-state index contributed by atoms with van der Waals surface area (Å²) in [5, 5.41) is 25.1. The van der Waals surface area contributed by atoms with E-state index in [0.29, 0.717) is 17.2 Å². The second-order valence-corrected chi connectivity index (χ2v) is 9.08. The summed E-state index contributed by atoms with van der Waals surface area (Å²) < 4.78 is 0. The van der Waals surface area contributed by atoms with Crippen LogP contribution in [0.2, 0.25) is 0 Å². The molecule has 3 aromatic rings. The average molecular weight is 431 g/mol. The number of hydrogen-bond acceptors (Lipinski definition) is 8. The number of carbonyl (C=O) groups is 1. The molecule has 2 atom stereocenters. The van der Waals surface area contributed by atoms with E-state index < -0.39 is 6.23 Å². The fourth-order valence-electron chi connectivity index (χ4n) is 3.05. The molecule has 1 saturated carbocycles. The number of rotatable bonds is 7. The summed E-state index contributed by atoms with van der Waals surface area (Å²) in [6.07, 6.45) is 1.05. The van der Waals surface area contributed by atoms with Crippen molar-refractivity contribution in [2.24, 2.45) is 0 Å². The molecule has 152 valence electrons. The number of nitrogens with zero attached hydrogens (tertiary/aromatic N) is 2. The average Bonchev–Trinajstić information content (AvgIpc) is 3.32. The van der Waals surface area contributed by atoms with Gasteiger partial charge in [-0.15, -0.1) is 22.7 Å². The highest BCUT2D eigenvalue weighted by atomic mass is 32.1. The van der Waals surface area contributed by atoms with Crippen LogP contribution in [-0.2, 0) is 0 Å². The highest BCUT2D eigenvalue weighted by molar-refractivity contribution is 7.21. The van der Waals surface area contributed by atoms with Crippen molar-refractivity contribution in [1.29, 1.82) is 0 Å². The number of amides is 1. The van der Waals surface area contributed by atoms with Gasteiger partial charge in [0.05, 0.1) is 6.04 Å². The quantitative estimate of drug-likeness (QED) is 0.334. The van der Waals surface area contributed by atoms with Crippen LogP contribution in [0.25, 0.3) is 10.0 Å². The molecule has 0 radical (unpaired) electrons. The predicted molar refractivity (Wildman–Crippen MR) is 112 cm³/mol. The van der Waals surface area contributed by atoms with E-state index in [0.717, 1.165) is 39.0 Å². The predicted octanol–water partition coefficient (Wildman–Crippen LogP) is 3.91. The van der Waals surface area contributed by atoms with Crippen LogP contribution >= 0.6 is 22.7 Å². The van der Waals surface area contributed by atoms with Gasteiger partial charge in [0.2, 0.25) is 0 Å². The molecular formula is C20H22N4O3S2. The summed E-state index contributed by atoms with van der Waals surface area (Å²) in [7, 11) is 0. The molecule has 0 spiro atoms. The first kappa shape index (κ1) is 20.1. The Kier molecular flexibility index (Phi) is 5.75. The van der Waals surface area contributed by atoms with Crippen LogP contribution in [0.4, 0.5) is 0 Å². The lowest BCUT2D eigenvalue weighted by molar-refractivity contribution is 0.000688. The fourth-order valence-corrected chi connectivity index (χ4v) is 5.11.